The minimum Gasteiger partial charge on any atom is -0.507 e. The number of aliphatic hydroxyl groups excluding tert-OH is 1. The lowest BCUT2D eigenvalue weighted by atomic mass is 9.76. The van der Waals surface area contributed by atoms with E-state index in [-0.39, 0.29) is 29.4 Å². The van der Waals surface area contributed by atoms with E-state index in [0.717, 1.165) is 42.0 Å². The van der Waals surface area contributed by atoms with Crippen LogP contribution in [0, 0.1) is 5.92 Å². The monoisotopic (exact) mass is 500 g/mol. The molecule has 0 bridgehead atoms. The van der Waals surface area contributed by atoms with Crippen molar-refractivity contribution in [1.82, 2.24) is 10.3 Å². The van der Waals surface area contributed by atoms with Crippen molar-refractivity contribution < 1.29 is 9.84 Å². The van der Waals surface area contributed by atoms with E-state index in [2.05, 4.69) is 27.6 Å². The Hall–Kier alpha value is -2.61. The zero-order chi connectivity index (χ0) is 23.2. The lowest BCUT2D eigenvalue weighted by Gasteiger charge is -2.37. The number of para-hydroxylation sites is 1. The topological polar surface area (TPSA) is 83.1 Å². The molecule has 34 heavy (non-hydrogen) atoms. The number of aliphatic hydroxyl groups is 1. The first kappa shape index (κ1) is 26.0. The fourth-order valence-electron chi connectivity index (χ4n) is 4.88. The standard InChI is InChI=1S/C26H32N4O2S.ClH/c1-18(28-29-26(27)33)21(16-30-14-8-3-9-15-30)24(19-10-4-2-5-11-19)22-17-32-23-13-7-6-12-20(23)25(22)31;/h2,4-7,10-13,21,24,31H,3,8-9,14-17H2,1H3,(H3,27,29,33);1H/b28-18+;. The van der Waals surface area contributed by atoms with Gasteiger partial charge in [0.2, 0.25) is 0 Å². The number of nitrogens with zero attached hydrogens (tertiary/aromatic N) is 2. The molecule has 6 nitrogen and oxygen atoms in total. The Labute approximate surface area is 213 Å². The van der Waals surface area contributed by atoms with Crippen molar-refractivity contribution in [3.8, 4) is 5.75 Å². The van der Waals surface area contributed by atoms with E-state index >= 15 is 0 Å². The van der Waals surface area contributed by atoms with Gasteiger partial charge in [-0.1, -0.05) is 48.9 Å². The van der Waals surface area contributed by atoms with Crippen molar-refractivity contribution in [2.45, 2.75) is 32.1 Å². The fraction of sp³-hybridized carbons (Fsp3) is 0.385. The van der Waals surface area contributed by atoms with Gasteiger partial charge in [-0.2, -0.15) is 5.10 Å². The quantitative estimate of drug-likeness (QED) is 0.286. The number of ether oxygens (including phenoxy) is 1. The maximum atomic E-state index is 11.4. The van der Waals surface area contributed by atoms with E-state index in [4.69, 9.17) is 22.7 Å². The number of thiocarbonyl (C=S) groups is 1. The van der Waals surface area contributed by atoms with Gasteiger partial charge in [0.15, 0.2) is 5.11 Å². The number of piperidine rings is 1. The average molecular weight is 501 g/mol. The molecule has 2 aliphatic heterocycles. The number of benzene rings is 2. The van der Waals surface area contributed by atoms with Crippen LogP contribution in [0.5, 0.6) is 5.75 Å². The molecule has 0 radical (unpaired) electrons. The summed E-state index contributed by atoms with van der Waals surface area (Å²) in [7, 11) is 0. The summed E-state index contributed by atoms with van der Waals surface area (Å²) in [6.07, 6.45) is 3.68. The van der Waals surface area contributed by atoms with Crippen LogP contribution in [0.4, 0.5) is 0 Å². The molecule has 4 N–H and O–H groups in total. The normalized spacial score (nSPS) is 18.2. The molecule has 0 aliphatic carbocycles. The molecule has 2 atom stereocenters. The maximum absolute atomic E-state index is 11.4. The van der Waals surface area contributed by atoms with Crippen LogP contribution in [0.1, 0.15) is 43.2 Å². The number of nitrogens with one attached hydrogen (secondary N) is 1. The van der Waals surface area contributed by atoms with Gasteiger partial charge in [-0.15, -0.1) is 12.4 Å². The first-order valence-electron chi connectivity index (χ1n) is 11.6. The summed E-state index contributed by atoms with van der Waals surface area (Å²) in [6.45, 7) is 5.29. The van der Waals surface area contributed by atoms with Gasteiger partial charge in [-0.25, -0.2) is 0 Å². The van der Waals surface area contributed by atoms with Crippen molar-refractivity contribution in [1.29, 1.82) is 0 Å². The van der Waals surface area contributed by atoms with Crippen LogP contribution in [-0.2, 0) is 0 Å². The van der Waals surface area contributed by atoms with E-state index < -0.39 is 0 Å². The van der Waals surface area contributed by atoms with Gasteiger partial charge in [-0.05, 0) is 62.8 Å². The summed E-state index contributed by atoms with van der Waals surface area (Å²) in [5.41, 5.74) is 12.0. The van der Waals surface area contributed by atoms with Crippen LogP contribution in [0.25, 0.3) is 5.76 Å². The summed E-state index contributed by atoms with van der Waals surface area (Å²) in [5, 5.41) is 16.1. The van der Waals surface area contributed by atoms with Crippen molar-refractivity contribution in [3.05, 3.63) is 71.3 Å². The summed E-state index contributed by atoms with van der Waals surface area (Å²) in [6, 6.07) is 17.9. The highest BCUT2D eigenvalue weighted by Gasteiger charge is 2.35. The second-order valence-corrected chi connectivity index (χ2v) is 9.18. The third-order valence-electron chi connectivity index (χ3n) is 6.55. The predicted molar refractivity (Wildman–Crippen MR) is 145 cm³/mol. The molecule has 2 aromatic rings. The molecular weight excluding hydrogens is 468 g/mol. The van der Waals surface area contributed by atoms with Crippen LogP contribution in [0.3, 0.4) is 0 Å². The molecule has 0 aromatic heterocycles. The summed E-state index contributed by atoms with van der Waals surface area (Å²) in [4.78, 5) is 2.50. The lowest BCUT2D eigenvalue weighted by molar-refractivity contribution is 0.204. The second-order valence-electron chi connectivity index (χ2n) is 8.74. The highest BCUT2D eigenvalue weighted by atomic mass is 35.5. The first-order valence-corrected chi connectivity index (χ1v) is 12.0. The average Bonchev–Trinajstić information content (AvgIpc) is 2.85. The molecular formula is C26H33ClN4O2S. The van der Waals surface area contributed by atoms with Crippen LogP contribution in [0.15, 0.2) is 65.3 Å². The SMILES string of the molecule is C/C(=N\NC(N)=S)C(CN1CCCCC1)C(C1=C(O)c2ccccc2OC1)c1ccccc1.Cl. The first-order chi connectivity index (χ1) is 16.0. The molecule has 1 saturated heterocycles. The molecule has 0 spiro atoms. The Balaban J connectivity index is 0.00000324. The van der Waals surface area contributed by atoms with Gasteiger partial charge >= 0.3 is 0 Å². The van der Waals surface area contributed by atoms with E-state index in [1.165, 1.54) is 19.3 Å². The third kappa shape index (κ3) is 6.09. The largest absolute Gasteiger partial charge is 0.507 e. The Bertz CT molecular complexity index is 1040. The maximum Gasteiger partial charge on any atom is 0.184 e. The van der Waals surface area contributed by atoms with Crippen LogP contribution >= 0.6 is 24.6 Å². The highest BCUT2D eigenvalue weighted by molar-refractivity contribution is 7.80. The van der Waals surface area contributed by atoms with Gasteiger partial charge in [0.25, 0.3) is 0 Å². The number of fused-ring (bicyclic) bond motifs is 1. The van der Waals surface area contributed by atoms with Gasteiger partial charge in [0, 0.05) is 29.7 Å². The molecule has 4 rings (SSSR count). The minimum absolute atomic E-state index is 0. The van der Waals surface area contributed by atoms with Gasteiger partial charge in [-0.3, -0.25) is 5.43 Å². The van der Waals surface area contributed by atoms with E-state index in [1.54, 1.807) is 0 Å². The Morgan fingerprint density at radius 2 is 1.79 bits per heavy atom. The van der Waals surface area contributed by atoms with Crippen LogP contribution in [0.2, 0.25) is 0 Å². The molecule has 182 valence electrons. The smallest absolute Gasteiger partial charge is 0.184 e. The Morgan fingerprint density at radius 1 is 1.12 bits per heavy atom. The molecule has 2 heterocycles. The molecule has 2 aliphatic rings. The van der Waals surface area contributed by atoms with Crippen molar-refractivity contribution >= 4 is 41.2 Å². The van der Waals surface area contributed by atoms with Gasteiger partial charge < -0.3 is 20.5 Å². The number of hydrogen-bond donors (Lipinski definition) is 3. The summed E-state index contributed by atoms with van der Waals surface area (Å²) >= 11 is 4.99. The zero-order valence-electron chi connectivity index (χ0n) is 19.4. The highest BCUT2D eigenvalue weighted by Crippen LogP contribution is 2.41. The molecule has 0 saturated carbocycles. The van der Waals surface area contributed by atoms with E-state index in [9.17, 15) is 5.11 Å². The van der Waals surface area contributed by atoms with Crippen LogP contribution < -0.4 is 15.9 Å². The fourth-order valence-corrected chi connectivity index (χ4v) is 4.93. The number of hydrazone groups is 1. The second kappa shape index (κ2) is 12.2. The Kier molecular flexibility index (Phi) is 9.33. The number of hydrogen-bond acceptors (Lipinski definition) is 5. The van der Waals surface area contributed by atoms with Crippen molar-refractivity contribution in [3.63, 3.8) is 0 Å². The number of halogens is 1. The number of likely N-dealkylation sites (tertiary alicyclic amines) is 1. The van der Waals surface area contributed by atoms with Gasteiger partial charge in [0.1, 0.15) is 18.1 Å². The van der Waals surface area contributed by atoms with Crippen molar-refractivity contribution in [2.75, 3.05) is 26.2 Å². The van der Waals surface area contributed by atoms with E-state index in [1.807, 2.05) is 49.4 Å². The van der Waals surface area contributed by atoms with Crippen LogP contribution in [-0.4, -0.2) is 47.1 Å². The number of rotatable bonds is 7. The molecule has 2 unspecified atom stereocenters. The molecule has 1 fully saturated rings. The molecule has 8 heteroatoms. The Morgan fingerprint density at radius 3 is 2.50 bits per heavy atom. The lowest BCUT2D eigenvalue weighted by Crippen LogP contribution is -2.40. The predicted octanol–water partition coefficient (Wildman–Crippen LogP) is 4.86. The zero-order valence-corrected chi connectivity index (χ0v) is 21.1. The molecule has 0 amide bonds. The van der Waals surface area contributed by atoms with Gasteiger partial charge in [0.05, 0.1) is 5.56 Å². The van der Waals surface area contributed by atoms with E-state index in [0.29, 0.717) is 18.1 Å². The molecule has 2 aromatic carbocycles. The third-order valence-corrected chi connectivity index (χ3v) is 6.64. The van der Waals surface area contributed by atoms with Crippen molar-refractivity contribution in [2.24, 2.45) is 16.8 Å². The number of nitrogens with two attached hydrogens (primary N) is 1. The summed E-state index contributed by atoms with van der Waals surface area (Å²) in [5.74, 6) is 0.889. The minimum atomic E-state index is -0.113. The summed E-state index contributed by atoms with van der Waals surface area (Å²) < 4.78 is 6.10.